The van der Waals surface area contributed by atoms with E-state index >= 15 is 0 Å². The van der Waals surface area contributed by atoms with Gasteiger partial charge in [0, 0.05) is 24.2 Å². The second-order valence-electron chi connectivity index (χ2n) is 8.74. The molecule has 0 N–H and O–H groups in total. The maximum absolute atomic E-state index is 13.2. The summed E-state index contributed by atoms with van der Waals surface area (Å²) in [5, 5.41) is 6.56. The van der Waals surface area contributed by atoms with E-state index in [1.165, 1.54) is 10.7 Å². The maximum Gasteiger partial charge on any atom is 0.267 e. The lowest BCUT2D eigenvalue weighted by atomic mass is 10.0. The first kappa shape index (κ1) is 22.2. The summed E-state index contributed by atoms with van der Waals surface area (Å²) in [5.74, 6) is -0.0440. The number of sulfone groups is 1. The number of nitrogens with zero attached hydrogens (tertiary/aromatic N) is 3. The van der Waals surface area contributed by atoms with Gasteiger partial charge in [0.1, 0.15) is 6.54 Å². The van der Waals surface area contributed by atoms with Crippen LogP contribution in [0.3, 0.4) is 0 Å². The normalized spacial score (nSPS) is 17.7. The highest BCUT2D eigenvalue weighted by Gasteiger charge is 2.35. The van der Waals surface area contributed by atoms with Gasteiger partial charge in [0.2, 0.25) is 5.91 Å². The van der Waals surface area contributed by atoms with Crippen molar-refractivity contribution < 1.29 is 13.2 Å². The Morgan fingerprint density at radius 3 is 2.59 bits per heavy atom. The molecule has 1 saturated heterocycles. The molecular weight excluding hydrogens is 426 g/mol. The Hall–Kier alpha value is -3.00. The SMILES string of the molecule is CC(C)CN(C(=O)Cn1nc(-c2cccc3ccccc23)ccc1=O)C1CCS(=O)(=O)C1. The molecule has 1 aromatic heterocycles. The first-order valence-electron chi connectivity index (χ1n) is 10.8. The number of hydrogen-bond donors (Lipinski definition) is 0. The van der Waals surface area contributed by atoms with E-state index in [2.05, 4.69) is 5.10 Å². The van der Waals surface area contributed by atoms with Crippen molar-refractivity contribution in [3.05, 3.63) is 65.0 Å². The van der Waals surface area contributed by atoms with E-state index in [1.807, 2.05) is 56.3 Å². The minimum atomic E-state index is -3.13. The fourth-order valence-electron chi connectivity index (χ4n) is 4.24. The Bertz CT molecular complexity index is 1310. The molecule has 32 heavy (non-hydrogen) atoms. The van der Waals surface area contributed by atoms with Crippen LogP contribution in [-0.4, -0.2) is 53.1 Å². The fourth-order valence-corrected chi connectivity index (χ4v) is 5.97. The second-order valence-corrected chi connectivity index (χ2v) is 11.0. The number of rotatable bonds is 6. The molecule has 3 aromatic rings. The Balaban J connectivity index is 1.65. The molecule has 8 heteroatoms. The molecule has 1 aliphatic heterocycles. The maximum atomic E-state index is 13.2. The van der Waals surface area contributed by atoms with Crippen molar-refractivity contribution in [3.63, 3.8) is 0 Å². The zero-order valence-electron chi connectivity index (χ0n) is 18.3. The zero-order chi connectivity index (χ0) is 22.9. The van der Waals surface area contributed by atoms with E-state index < -0.39 is 9.84 Å². The van der Waals surface area contributed by atoms with Gasteiger partial charge < -0.3 is 4.90 Å². The molecule has 1 unspecified atom stereocenters. The van der Waals surface area contributed by atoms with Gasteiger partial charge in [-0.1, -0.05) is 56.3 Å². The summed E-state index contributed by atoms with van der Waals surface area (Å²) in [6.07, 6.45) is 0.430. The first-order valence-corrected chi connectivity index (χ1v) is 12.6. The molecule has 0 spiro atoms. The summed E-state index contributed by atoms with van der Waals surface area (Å²) >= 11 is 0. The topological polar surface area (TPSA) is 89.3 Å². The van der Waals surface area contributed by atoms with Crippen LogP contribution < -0.4 is 5.56 Å². The highest BCUT2D eigenvalue weighted by atomic mass is 32.2. The molecule has 1 aliphatic rings. The van der Waals surface area contributed by atoms with Crippen molar-refractivity contribution in [1.82, 2.24) is 14.7 Å². The number of carbonyl (C=O) groups is 1. The second kappa shape index (κ2) is 8.86. The minimum absolute atomic E-state index is 0.0240. The van der Waals surface area contributed by atoms with Crippen molar-refractivity contribution in [2.75, 3.05) is 18.1 Å². The molecule has 0 saturated carbocycles. The molecule has 0 aliphatic carbocycles. The number of amides is 1. The molecule has 1 fully saturated rings. The number of fused-ring (bicyclic) bond motifs is 1. The third-order valence-electron chi connectivity index (χ3n) is 5.75. The van der Waals surface area contributed by atoms with Crippen LogP contribution in [0.15, 0.2) is 59.4 Å². The molecule has 0 radical (unpaired) electrons. The van der Waals surface area contributed by atoms with Crippen LogP contribution >= 0.6 is 0 Å². The average molecular weight is 454 g/mol. The quantitative estimate of drug-likeness (QED) is 0.573. The summed E-state index contributed by atoms with van der Waals surface area (Å²) in [6.45, 7) is 4.18. The van der Waals surface area contributed by atoms with Crippen LogP contribution in [0.1, 0.15) is 20.3 Å². The molecule has 2 heterocycles. The van der Waals surface area contributed by atoms with Gasteiger partial charge in [0.05, 0.1) is 17.2 Å². The molecule has 4 rings (SSSR count). The Morgan fingerprint density at radius 1 is 1.12 bits per heavy atom. The first-order chi connectivity index (χ1) is 15.2. The van der Waals surface area contributed by atoms with Gasteiger partial charge >= 0.3 is 0 Å². The third-order valence-corrected chi connectivity index (χ3v) is 7.50. The van der Waals surface area contributed by atoms with Crippen molar-refractivity contribution in [2.24, 2.45) is 5.92 Å². The van der Waals surface area contributed by atoms with Crippen LogP contribution in [-0.2, 0) is 21.2 Å². The van der Waals surface area contributed by atoms with Crippen LogP contribution in [0, 0.1) is 5.92 Å². The monoisotopic (exact) mass is 453 g/mol. The average Bonchev–Trinajstić information content (AvgIpc) is 3.12. The van der Waals surface area contributed by atoms with Crippen LogP contribution in [0.2, 0.25) is 0 Å². The molecule has 2 aromatic carbocycles. The van der Waals surface area contributed by atoms with Crippen LogP contribution in [0.5, 0.6) is 0 Å². The van der Waals surface area contributed by atoms with Gasteiger partial charge in [-0.2, -0.15) is 5.10 Å². The van der Waals surface area contributed by atoms with Gasteiger partial charge in [-0.15, -0.1) is 0 Å². The molecule has 1 amide bonds. The number of benzene rings is 2. The molecule has 0 bridgehead atoms. The van der Waals surface area contributed by atoms with E-state index in [4.69, 9.17) is 0 Å². The lowest BCUT2D eigenvalue weighted by Gasteiger charge is -2.30. The van der Waals surface area contributed by atoms with Gasteiger partial charge in [-0.3, -0.25) is 9.59 Å². The smallest absolute Gasteiger partial charge is 0.267 e. The van der Waals surface area contributed by atoms with Gasteiger partial charge in [-0.05, 0) is 29.2 Å². The Morgan fingerprint density at radius 2 is 1.88 bits per heavy atom. The van der Waals surface area contributed by atoms with Crippen LogP contribution in [0.25, 0.3) is 22.0 Å². The van der Waals surface area contributed by atoms with Gasteiger partial charge in [0.25, 0.3) is 5.56 Å². The lowest BCUT2D eigenvalue weighted by molar-refractivity contribution is -0.134. The highest BCUT2D eigenvalue weighted by molar-refractivity contribution is 7.91. The fraction of sp³-hybridized carbons (Fsp3) is 0.375. The van der Waals surface area contributed by atoms with Crippen LogP contribution in [0.4, 0.5) is 0 Å². The number of aromatic nitrogens is 2. The van der Waals surface area contributed by atoms with Gasteiger partial charge in [-0.25, -0.2) is 13.1 Å². The summed E-state index contributed by atoms with van der Waals surface area (Å²) in [7, 11) is -3.13. The predicted octanol–water partition coefficient (Wildman–Crippen LogP) is 2.74. The molecule has 1 atom stereocenters. The highest BCUT2D eigenvalue weighted by Crippen LogP contribution is 2.26. The summed E-state index contributed by atoms with van der Waals surface area (Å²) < 4.78 is 25.1. The third kappa shape index (κ3) is 4.75. The van der Waals surface area contributed by atoms with E-state index in [9.17, 15) is 18.0 Å². The van der Waals surface area contributed by atoms with Crippen molar-refractivity contribution in [3.8, 4) is 11.3 Å². The lowest BCUT2D eigenvalue weighted by Crippen LogP contribution is -2.46. The standard InChI is InChI=1S/C24H27N3O4S/c1-17(2)14-26(19-12-13-32(30,31)16-19)24(29)15-27-23(28)11-10-22(25-27)21-9-5-7-18-6-3-4-8-20(18)21/h3-11,17,19H,12-16H2,1-2H3. The summed E-state index contributed by atoms with van der Waals surface area (Å²) in [5.41, 5.74) is 1.11. The minimum Gasteiger partial charge on any atom is -0.337 e. The van der Waals surface area contributed by atoms with E-state index in [0.717, 1.165) is 16.3 Å². The van der Waals surface area contributed by atoms with Gasteiger partial charge in [0.15, 0.2) is 9.84 Å². The van der Waals surface area contributed by atoms with E-state index in [0.29, 0.717) is 18.7 Å². The molecule has 7 nitrogen and oxygen atoms in total. The summed E-state index contributed by atoms with van der Waals surface area (Å²) in [4.78, 5) is 27.3. The van der Waals surface area contributed by atoms with Crippen molar-refractivity contribution >= 4 is 26.5 Å². The predicted molar refractivity (Wildman–Crippen MR) is 125 cm³/mol. The number of carbonyl (C=O) groups excluding carboxylic acids is 1. The number of hydrogen-bond acceptors (Lipinski definition) is 5. The zero-order valence-corrected chi connectivity index (χ0v) is 19.1. The molecule has 168 valence electrons. The summed E-state index contributed by atoms with van der Waals surface area (Å²) in [6, 6.07) is 16.5. The van der Waals surface area contributed by atoms with Crippen molar-refractivity contribution in [2.45, 2.75) is 32.9 Å². The molecular formula is C24H27N3O4S. The Kier molecular flexibility index (Phi) is 6.15. The largest absolute Gasteiger partial charge is 0.337 e. The van der Waals surface area contributed by atoms with Crippen molar-refractivity contribution in [1.29, 1.82) is 0 Å². The van der Waals surface area contributed by atoms with E-state index in [1.54, 1.807) is 11.0 Å². The Labute approximate surface area is 187 Å². The van der Waals surface area contributed by atoms with E-state index in [-0.39, 0.29) is 41.5 Å².